The first-order chi connectivity index (χ1) is 45.1. The van der Waals surface area contributed by atoms with Crippen LogP contribution in [-0.4, -0.2) is 96.7 Å². The van der Waals surface area contributed by atoms with Gasteiger partial charge in [0.25, 0.3) is 0 Å². The van der Waals surface area contributed by atoms with Crippen molar-refractivity contribution in [3.8, 4) is 0 Å². The van der Waals surface area contributed by atoms with E-state index in [9.17, 15) is 43.2 Å². The van der Waals surface area contributed by atoms with Crippen molar-refractivity contribution < 1.29 is 80.2 Å². The molecule has 0 aromatic carbocycles. The molecule has 558 valence electrons. The van der Waals surface area contributed by atoms with Gasteiger partial charge in [-0.2, -0.15) is 0 Å². The molecule has 0 aliphatic carbocycles. The highest BCUT2D eigenvalue weighted by Crippen LogP contribution is 2.45. The van der Waals surface area contributed by atoms with E-state index in [0.717, 1.165) is 115 Å². The van der Waals surface area contributed by atoms with Crippen molar-refractivity contribution >= 4 is 39.5 Å². The van der Waals surface area contributed by atoms with Gasteiger partial charge >= 0.3 is 39.5 Å². The quantitative estimate of drug-likeness (QED) is 0.0222. The van der Waals surface area contributed by atoms with E-state index in [-0.39, 0.29) is 25.7 Å². The van der Waals surface area contributed by atoms with Gasteiger partial charge in [0, 0.05) is 25.7 Å². The Balaban J connectivity index is 5.17. The molecule has 19 heteroatoms. The van der Waals surface area contributed by atoms with Crippen LogP contribution in [0.1, 0.15) is 376 Å². The molecular weight excluding hydrogens is 1230 g/mol. The first-order valence-corrected chi connectivity index (χ1v) is 41.7. The summed E-state index contributed by atoms with van der Waals surface area (Å²) in [7, 11) is -9.91. The van der Waals surface area contributed by atoms with Crippen molar-refractivity contribution in [3.63, 3.8) is 0 Å². The van der Waals surface area contributed by atoms with Gasteiger partial charge in [-0.3, -0.25) is 37.3 Å². The molecule has 0 radical (unpaired) electrons. The summed E-state index contributed by atoms with van der Waals surface area (Å²) in [6.07, 6.45) is 48.9. The summed E-state index contributed by atoms with van der Waals surface area (Å²) in [5, 5.41) is 10.6. The third-order valence-electron chi connectivity index (χ3n) is 17.7. The maximum Gasteiger partial charge on any atom is 0.472 e. The number of aliphatic hydroxyl groups excluding tert-OH is 1. The Hall–Kier alpha value is -1.94. The summed E-state index contributed by atoms with van der Waals surface area (Å²) in [5.74, 6) is 0.881. The number of ether oxygens (including phenoxy) is 4. The lowest BCUT2D eigenvalue weighted by Crippen LogP contribution is -2.30. The number of rotatable bonds is 72. The molecule has 0 rings (SSSR count). The average molecular weight is 1380 g/mol. The Bertz CT molecular complexity index is 1850. The summed E-state index contributed by atoms with van der Waals surface area (Å²) in [6, 6.07) is 0. The molecule has 3 N–H and O–H groups in total. The van der Waals surface area contributed by atoms with Crippen LogP contribution in [0.4, 0.5) is 0 Å². The number of esters is 4. The van der Waals surface area contributed by atoms with Crippen LogP contribution in [0.15, 0.2) is 0 Å². The van der Waals surface area contributed by atoms with Crippen molar-refractivity contribution in [3.05, 3.63) is 0 Å². The first-order valence-electron chi connectivity index (χ1n) is 38.7. The zero-order chi connectivity index (χ0) is 69.6. The van der Waals surface area contributed by atoms with Crippen molar-refractivity contribution in [2.45, 2.75) is 395 Å². The van der Waals surface area contributed by atoms with Crippen LogP contribution >= 0.6 is 15.6 Å². The Labute approximate surface area is 575 Å². The van der Waals surface area contributed by atoms with E-state index in [4.69, 9.17) is 37.0 Å². The third-order valence-corrected chi connectivity index (χ3v) is 19.6. The molecule has 0 amide bonds. The standard InChI is InChI=1S/C75H146O17P2/c1-9-68(8)54-46-38-29-23-20-21-25-31-42-50-58-75(80)92-71(62-86-73(78)56-48-40-34-33-37-45-53-67(6)7)64-90-94(83,84)88-60-69(76)59-87-93(81,82)89-63-70(61-85-72(77)55-47-39-32-26-28-36-44-52-66(4)5)91-74(79)57-49-41-30-24-19-17-15-13-11-10-12-14-16-18-22-27-35-43-51-65(2)3/h65-71,76H,9-64H2,1-8H3,(H,81,82)(H,83,84)/t68?,69?,70-,71-/m1/s1. The maximum atomic E-state index is 13.1. The van der Waals surface area contributed by atoms with Crippen molar-refractivity contribution in [1.82, 2.24) is 0 Å². The third kappa shape index (κ3) is 67.3. The smallest absolute Gasteiger partial charge is 0.462 e. The molecule has 17 nitrogen and oxygen atoms in total. The number of carbonyl (C=O) groups excluding carboxylic acids is 4. The molecule has 0 heterocycles. The molecule has 0 saturated carbocycles. The van der Waals surface area contributed by atoms with E-state index >= 15 is 0 Å². The van der Waals surface area contributed by atoms with Crippen LogP contribution in [-0.2, 0) is 65.4 Å². The Morgan fingerprint density at radius 2 is 0.511 bits per heavy atom. The van der Waals surface area contributed by atoms with E-state index in [1.807, 2.05) is 0 Å². The normalized spacial score (nSPS) is 14.4. The average Bonchev–Trinajstić information content (AvgIpc) is 1.80. The topological polar surface area (TPSA) is 237 Å². The molecule has 94 heavy (non-hydrogen) atoms. The fraction of sp³-hybridized carbons (Fsp3) is 0.947. The van der Waals surface area contributed by atoms with E-state index in [1.54, 1.807) is 0 Å². The monoisotopic (exact) mass is 1380 g/mol. The van der Waals surface area contributed by atoms with Gasteiger partial charge in [-0.15, -0.1) is 0 Å². The molecule has 0 aliphatic rings. The predicted molar refractivity (Wildman–Crippen MR) is 381 cm³/mol. The Morgan fingerprint density at radius 1 is 0.298 bits per heavy atom. The molecule has 4 unspecified atom stereocenters. The zero-order valence-electron chi connectivity index (χ0n) is 61.6. The van der Waals surface area contributed by atoms with E-state index < -0.39 is 97.5 Å². The second-order valence-corrected chi connectivity index (χ2v) is 31.6. The second-order valence-electron chi connectivity index (χ2n) is 28.7. The largest absolute Gasteiger partial charge is 0.472 e. The lowest BCUT2D eigenvalue weighted by Gasteiger charge is -2.21. The molecular formula is C75H146O17P2. The van der Waals surface area contributed by atoms with Gasteiger partial charge in [-0.05, 0) is 49.4 Å². The zero-order valence-corrected chi connectivity index (χ0v) is 63.4. The summed E-state index contributed by atoms with van der Waals surface area (Å²) in [4.78, 5) is 72.7. The van der Waals surface area contributed by atoms with Crippen molar-refractivity contribution in [2.75, 3.05) is 39.6 Å². The van der Waals surface area contributed by atoms with Gasteiger partial charge in [-0.1, -0.05) is 325 Å². The van der Waals surface area contributed by atoms with Crippen molar-refractivity contribution in [2.24, 2.45) is 23.7 Å². The molecule has 0 fully saturated rings. The van der Waals surface area contributed by atoms with Crippen LogP contribution in [0.5, 0.6) is 0 Å². The van der Waals surface area contributed by atoms with Gasteiger partial charge in [-0.25, -0.2) is 9.13 Å². The summed E-state index contributed by atoms with van der Waals surface area (Å²) < 4.78 is 68.4. The number of carbonyl (C=O) groups is 4. The van der Waals surface area contributed by atoms with Crippen LogP contribution < -0.4 is 0 Å². The maximum absolute atomic E-state index is 13.1. The van der Waals surface area contributed by atoms with Crippen molar-refractivity contribution in [1.29, 1.82) is 0 Å². The Morgan fingerprint density at radius 3 is 0.755 bits per heavy atom. The fourth-order valence-electron chi connectivity index (χ4n) is 11.3. The van der Waals surface area contributed by atoms with Crippen LogP contribution in [0.2, 0.25) is 0 Å². The lowest BCUT2D eigenvalue weighted by molar-refractivity contribution is -0.161. The molecule has 6 atom stereocenters. The van der Waals surface area contributed by atoms with Gasteiger partial charge < -0.3 is 33.8 Å². The number of phosphoric ester groups is 2. The Kier molecular flexibility index (Phi) is 63.1. The lowest BCUT2D eigenvalue weighted by atomic mass is 9.99. The van der Waals surface area contributed by atoms with Crippen LogP contribution in [0.25, 0.3) is 0 Å². The van der Waals surface area contributed by atoms with Gasteiger partial charge in [0.05, 0.1) is 26.4 Å². The molecule has 0 aromatic heterocycles. The first kappa shape index (κ1) is 92.1. The fourth-order valence-corrected chi connectivity index (χ4v) is 12.9. The highest BCUT2D eigenvalue weighted by Gasteiger charge is 2.30. The minimum absolute atomic E-state index is 0.105. The molecule has 0 spiro atoms. The summed E-state index contributed by atoms with van der Waals surface area (Å²) >= 11 is 0. The minimum atomic E-state index is -4.96. The molecule has 0 aromatic rings. The van der Waals surface area contributed by atoms with E-state index in [1.165, 1.54) is 167 Å². The minimum Gasteiger partial charge on any atom is -0.462 e. The van der Waals surface area contributed by atoms with Gasteiger partial charge in [0.2, 0.25) is 0 Å². The molecule has 0 bridgehead atoms. The van der Waals surface area contributed by atoms with E-state index in [0.29, 0.717) is 37.5 Å². The number of unbranched alkanes of at least 4 members (excludes halogenated alkanes) is 37. The van der Waals surface area contributed by atoms with Crippen LogP contribution in [0.3, 0.4) is 0 Å². The summed E-state index contributed by atoms with van der Waals surface area (Å²) in [6.45, 7) is 14.1. The van der Waals surface area contributed by atoms with E-state index in [2.05, 4.69) is 55.4 Å². The van der Waals surface area contributed by atoms with Gasteiger partial charge in [0.15, 0.2) is 12.2 Å². The predicted octanol–water partition coefficient (Wildman–Crippen LogP) is 21.7. The number of phosphoric acid groups is 2. The molecule has 0 aliphatic heterocycles. The number of aliphatic hydroxyl groups is 1. The van der Waals surface area contributed by atoms with Gasteiger partial charge in [0.1, 0.15) is 19.3 Å². The highest BCUT2D eigenvalue weighted by atomic mass is 31.2. The number of hydrogen-bond acceptors (Lipinski definition) is 15. The molecule has 0 saturated heterocycles. The highest BCUT2D eigenvalue weighted by molar-refractivity contribution is 7.47. The summed E-state index contributed by atoms with van der Waals surface area (Å²) in [5.41, 5.74) is 0. The second kappa shape index (κ2) is 64.4. The number of hydrogen-bond donors (Lipinski definition) is 3. The SMILES string of the molecule is CCC(C)CCCCCCCCCCCCC(=O)O[C@H](COC(=O)CCCCCCCCC(C)C)COP(=O)(O)OCC(O)COP(=O)(O)OC[C@@H](COC(=O)CCCCCCCCCC(C)C)OC(=O)CCCCCCCCCCCCCCCCCCCCC(C)C. The van der Waals surface area contributed by atoms with Crippen LogP contribution in [0, 0.1) is 23.7 Å².